The van der Waals surface area contributed by atoms with Gasteiger partial charge in [-0.3, -0.25) is 4.98 Å². The van der Waals surface area contributed by atoms with Crippen LogP contribution in [0.4, 0.5) is 0 Å². The summed E-state index contributed by atoms with van der Waals surface area (Å²) in [6.07, 6.45) is 1.66. The van der Waals surface area contributed by atoms with Gasteiger partial charge in [0.25, 0.3) is 0 Å². The molecule has 0 aliphatic carbocycles. The molecule has 5 heteroatoms. The predicted molar refractivity (Wildman–Crippen MR) is 79.5 cm³/mol. The summed E-state index contributed by atoms with van der Waals surface area (Å²) >= 11 is 0. The van der Waals surface area contributed by atoms with Gasteiger partial charge in [-0.05, 0) is 24.6 Å². The summed E-state index contributed by atoms with van der Waals surface area (Å²) in [5.74, 6) is 0.0105. The van der Waals surface area contributed by atoms with Gasteiger partial charge >= 0.3 is 0 Å². The van der Waals surface area contributed by atoms with Crippen LogP contribution in [-0.2, 0) is 22.3 Å². The quantitative estimate of drug-likeness (QED) is 0.849. The fraction of sp³-hybridized carbons (Fsp3) is 0.267. The van der Waals surface area contributed by atoms with E-state index in [9.17, 15) is 8.42 Å². The van der Waals surface area contributed by atoms with Crippen molar-refractivity contribution >= 4 is 10.0 Å². The normalized spacial score (nSPS) is 11.8. The molecule has 0 bridgehead atoms. The van der Waals surface area contributed by atoms with Crippen LogP contribution >= 0.6 is 0 Å². The van der Waals surface area contributed by atoms with Gasteiger partial charge < -0.3 is 0 Å². The molecule has 0 spiro atoms. The van der Waals surface area contributed by atoms with Gasteiger partial charge in [0.05, 0.1) is 18.0 Å². The Morgan fingerprint density at radius 3 is 2.40 bits per heavy atom. The Kier molecular flexibility index (Phi) is 4.52. The molecule has 0 unspecified atom stereocenters. The van der Waals surface area contributed by atoms with E-state index in [1.54, 1.807) is 13.2 Å². The highest BCUT2D eigenvalue weighted by Gasteiger charge is 2.19. The average Bonchev–Trinajstić information content (AvgIpc) is 2.42. The van der Waals surface area contributed by atoms with Crippen molar-refractivity contribution in [2.75, 3.05) is 7.05 Å². The number of hydrogen-bond acceptors (Lipinski definition) is 3. The van der Waals surface area contributed by atoms with Crippen molar-refractivity contribution in [2.24, 2.45) is 0 Å². The molecule has 0 aliphatic heterocycles. The molecular formula is C15H18N2O2S. The lowest BCUT2D eigenvalue weighted by atomic mass is 10.2. The summed E-state index contributed by atoms with van der Waals surface area (Å²) in [4.78, 5) is 4.14. The first kappa shape index (κ1) is 14.7. The standard InChI is InChI=1S/C15H18N2O2S/c1-13-6-8-14(9-7-13)12-20(18,19)17(2)11-15-5-3-4-10-16-15/h3-10H,11-12H2,1-2H3. The second-order valence-corrected chi connectivity index (χ2v) is 6.89. The minimum absolute atomic E-state index is 0.0105. The lowest BCUT2D eigenvalue weighted by Crippen LogP contribution is -2.28. The van der Waals surface area contributed by atoms with Gasteiger partial charge in [0, 0.05) is 13.2 Å². The minimum atomic E-state index is -3.33. The van der Waals surface area contributed by atoms with Gasteiger partial charge in [-0.1, -0.05) is 35.9 Å². The van der Waals surface area contributed by atoms with Gasteiger partial charge in [0.2, 0.25) is 10.0 Å². The second-order valence-electron chi connectivity index (χ2n) is 4.82. The summed E-state index contributed by atoms with van der Waals surface area (Å²) in [5, 5.41) is 0. The summed E-state index contributed by atoms with van der Waals surface area (Å²) < 4.78 is 25.9. The maximum Gasteiger partial charge on any atom is 0.218 e. The molecule has 20 heavy (non-hydrogen) atoms. The zero-order valence-corrected chi connectivity index (χ0v) is 12.5. The van der Waals surface area contributed by atoms with Crippen LogP contribution in [0.3, 0.4) is 0 Å². The van der Waals surface area contributed by atoms with Crippen molar-refractivity contribution in [1.82, 2.24) is 9.29 Å². The van der Waals surface area contributed by atoms with Crippen LogP contribution in [0.1, 0.15) is 16.8 Å². The summed E-state index contributed by atoms with van der Waals surface area (Å²) in [6, 6.07) is 13.0. The van der Waals surface area contributed by atoms with Crippen molar-refractivity contribution in [2.45, 2.75) is 19.2 Å². The molecule has 0 saturated heterocycles. The smallest absolute Gasteiger partial charge is 0.218 e. The third-order valence-electron chi connectivity index (χ3n) is 3.06. The van der Waals surface area contributed by atoms with Crippen molar-refractivity contribution < 1.29 is 8.42 Å². The molecule has 0 saturated carbocycles. The van der Waals surface area contributed by atoms with Crippen molar-refractivity contribution in [3.05, 3.63) is 65.5 Å². The first-order chi connectivity index (χ1) is 9.47. The van der Waals surface area contributed by atoms with E-state index in [-0.39, 0.29) is 12.3 Å². The highest BCUT2D eigenvalue weighted by atomic mass is 32.2. The van der Waals surface area contributed by atoms with E-state index in [1.165, 1.54) is 4.31 Å². The Morgan fingerprint density at radius 2 is 1.80 bits per heavy atom. The van der Waals surface area contributed by atoms with Crippen LogP contribution in [0.2, 0.25) is 0 Å². The molecule has 2 rings (SSSR count). The lowest BCUT2D eigenvalue weighted by molar-refractivity contribution is 0.461. The first-order valence-electron chi connectivity index (χ1n) is 6.37. The molecule has 0 atom stereocenters. The molecular weight excluding hydrogens is 272 g/mol. The summed E-state index contributed by atoms with van der Waals surface area (Å²) in [5.41, 5.74) is 2.65. The van der Waals surface area contributed by atoms with Crippen LogP contribution in [0, 0.1) is 6.92 Å². The Hall–Kier alpha value is -1.72. The zero-order chi connectivity index (χ0) is 14.6. The Bertz CT molecular complexity index is 652. The van der Waals surface area contributed by atoms with E-state index in [0.717, 1.165) is 16.8 Å². The lowest BCUT2D eigenvalue weighted by Gasteiger charge is -2.16. The van der Waals surface area contributed by atoms with Crippen molar-refractivity contribution in [1.29, 1.82) is 0 Å². The molecule has 1 aromatic heterocycles. The van der Waals surface area contributed by atoms with Crippen molar-refractivity contribution in [3.8, 4) is 0 Å². The van der Waals surface area contributed by atoms with Gasteiger partial charge in [0.1, 0.15) is 0 Å². The maximum absolute atomic E-state index is 12.3. The zero-order valence-electron chi connectivity index (χ0n) is 11.7. The largest absolute Gasteiger partial charge is 0.260 e. The maximum atomic E-state index is 12.3. The molecule has 106 valence electrons. The molecule has 0 N–H and O–H groups in total. The fourth-order valence-corrected chi connectivity index (χ4v) is 2.99. The fourth-order valence-electron chi connectivity index (χ4n) is 1.82. The number of sulfonamides is 1. The highest BCUT2D eigenvalue weighted by Crippen LogP contribution is 2.12. The highest BCUT2D eigenvalue weighted by molar-refractivity contribution is 7.88. The van der Waals surface area contributed by atoms with Crippen LogP contribution < -0.4 is 0 Å². The van der Waals surface area contributed by atoms with Crippen molar-refractivity contribution in [3.63, 3.8) is 0 Å². The van der Waals surface area contributed by atoms with E-state index < -0.39 is 10.0 Å². The molecule has 1 aromatic carbocycles. The predicted octanol–water partition coefficient (Wildman–Crippen LogP) is 2.35. The number of pyridine rings is 1. The molecule has 0 aliphatic rings. The number of hydrogen-bond donors (Lipinski definition) is 0. The number of aryl methyl sites for hydroxylation is 1. The molecule has 0 fully saturated rings. The van der Waals surface area contributed by atoms with E-state index in [2.05, 4.69) is 4.98 Å². The van der Waals surface area contributed by atoms with Crippen LogP contribution in [0.5, 0.6) is 0 Å². The van der Waals surface area contributed by atoms with Gasteiger partial charge in [0.15, 0.2) is 0 Å². The Labute approximate surface area is 120 Å². The first-order valence-corrected chi connectivity index (χ1v) is 7.98. The number of rotatable bonds is 5. The molecule has 1 heterocycles. The van der Waals surface area contributed by atoms with E-state index >= 15 is 0 Å². The summed E-state index contributed by atoms with van der Waals surface area (Å²) in [6.45, 7) is 2.26. The Morgan fingerprint density at radius 1 is 1.10 bits per heavy atom. The van der Waals surface area contributed by atoms with Gasteiger partial charge in [-0.2, -0.15) is 4.31 Å². The SMILES string of the molecule is Cc1ccc(CS(=O)(=O)N(C)Cc2ccccn2)cc1. The van der Waals surface area contributed by atoms with E-state index in [4.69, 9.17) is 0 Å². The van der Waals surface area contributed by atoms with E-state index in [1.807, 2.05) is 49.4 Å². The molecule has 4 nitrogen and oxygen atoms in total. The minimum Gasteiger partial charge on any atom is -0.260 e. The topological polar surface area (TPSA) is 50.3 Å². The van der Waals surface area contributed by atoms with Gasteiger partial charge in [-0.15, -0.1) is 0 Å². The van der Waals surface area contributed by atoms with E-state index in [0.29, 0.717) is 0 Å². The monoisotopic (exact) mass is 290 g/mol. The third-order valence-corrected chi connectivity index (χ3v) is 4.83. The van der Waals surface area contributed by atoms with Gasteiger partial charge in [-0.25, -0.2) is 8.42 Å². The number of benzene rings is 1. The van der Waals surface area contributed by atoms with Crippen LogP contribution in [-0.4, -0.2) is 24.8 Å². The van der Waals surface area contributed by atoms with Crippen LogP contribution in [0.15, 0.2) is 48.7 Å². The summed E-state index contributed by atoms with van der Waals surface area (Å²) in [7, 11) is -1.75. The van der Waals surface area contributed by atoms with Crippen LogP contribution in [0.25, 0.3) is 0 Å². The molecule has 2 aromatic rings. The molecule has 0 amide bonds. The number of aromatic nitrogens is 1. The third kappa shape index (κ3) is 3.88. The number of nitrogens with zero attached hydrogens (tertiary/aromatic N) is 2. The molecule has 0 radical (unpaired) electrons. The average molecular weight is 290 g/mol. The Balaban J connectivity index is 2.08. The second kappa shape index (κ2) is 6.15.